The van der Waals surface area contributed by atoms with Crippen molar-refractivity contribution < 1.29 is 4.79 Å². The number of amides is 1. The highest BCUT2D eigenvalue weighted by Gasteiger charge is 2.11. The molecule has 7 N–H and O–H groups in total. The van der Waals surface area contributed by atoms with Crippen LogP contribution in [0, 0.1) is 0 Å². The van der Waals surface area contributed by atoms with Crippen molar-refractivity contribution in [3.05, 3.63) is 12.3 Å². The molecule has 1 unspecified atom stereocenters. The average Bonchev–Trinajstić information content (AvgIpc) is 2.12. The molecule has 0 bridgehead atoms. The van der Waals surface area contributed by atoms with Crippen LogP contribution in [0.25, 0.3) is 0 Å². The Balaban J connectivity index is 2.87. The fourth-order valence-electron chi connectivity index (χ4n) is 0.879. The van der Waals surface area contributed by atoms with Crippen LogP contribution in [0.5, 0.6) is 0 Å². The predicted molar refractivity (Wildman–Crippen MR) is 55.3 cm³/mol. The molecule has 14 heavy (non-hydrogen) atoms. The van der Waals surface area contributed by atoms with Crippen LogP contribution in [0.3, 0.4) is 0 Å². The lowest BCUT2D eigenvalue weighted by Gasteiger charge is -2.13. The summed E-state index contributed by atoms with van der Waals surface area (Å²) in [5, 5.41) is 2.76. The monoisotopic (exact) mass is 195 g/mol. The second-order valence-electron chi connectivity index (χ2n) is 2.93. The predicted octanol–water partition coefficient (Wildman–Crippen LogP) is -0.468. The van der Waals surface area contributed by atoms with E-state index < -0.39 is 11.9 Å². The molecule has 1 aromatic rings. The van der Waals surface area contributed by atoms with Crippen molar-refractivity contribution in [1.29, 1.82) is 0 Å². The third-order valence-electron chi connectivity index (χ3n) is 1.80. The van der Waals surface area contributed by atoms with Gasteiger partial charge in [0.2, 0.25) is 5.91 Å². The van der Waals surface area contributed by atoms with E-state index in [0.29, 0.717) is 17.2 Å². The lowest BCUT2D eigenvalue weighted by molar-refractivity contribution is -0.118. The van der Waals surface area contributed by atoms with E-state index in [-0.39, 0.29) is 0 Å². The number of aromatic nitrogens is 1. The summed E-state index contributed by atoms with van der Waals surface area (Å²) in [6.45, 7) is 1.62. The first-order chi connectivity index (χ1) is 6.52. The minimum Gasteiger partial charge on any atom is -0.397 e. The van der Waals surface area contributed by atoms with Crippen molar-refractivity contribution >= 4 is 23.1 Å². The summed E-state index contributed by atoms with van der Waals surface area (Å²) in [5.41, 5.74) is 17.0. The normalized spacial score (nSPS) is 12.1. The molecule has 76 valence electrons. The molecule has 1 atom stereocenters. The fourth-order valence-corrected chi connectivity index (χ4v) is 0.879. The number of primary amides is 1. The number of hydrogen-bond acceptors (Lipinski definition) is 5. The van der Waals surface area contributed by atoms with Crippen LogP contribution in [-0.2, 0) is 4.79 Å². The molecule has 1 aromatic heterocycles. The molecule has 0 aliphatic heterocycles. The lowest BCUT2D eigenvalue weighted by atomic mass is 10.3. The van der Waals surface area contributed by atoms with Gasteiger partial charge in [0.05, 0.1) is 11.4 Å². The summed E-state index contributed by atoms with van der Waals surface area (Å²) >= 11 is 0. The number of hydrogen-bond donors (Lipinski definition) is 4. The van der Waals surface area contributed by atoms with E-state index in [1.165, 1.54) is 6.20 Å². The number of nitrogen functional groups attached to an aromatic ring is 2. The standard InChI is InChI=1S/C8H13N5O/c1-4(7(11)14)13-8-6(10)5(9)2-3-12-8/h2-4H,10H2,1H3,(H2,11,14)(H3,9,12,13). The molecule has 0 fully saturated rings. The molecule has 0 saturated heterocycles. The highest BCUT2D eigenvalue weighted by atomic mass is 16.1. The zero-order valence-corrected chi connectivity index (χ0v) is 7.82. The van der Waals surface area contributed by atoms with Gasteiger partial charge < -0.3 is 22.5 Å². The van der Waals surface area contributed by atoms with Gasteiger partial charge in [-0.05, 0) is 13.0 Å². The highest BCUT2D eigenvalue weighted by molar-refractivity contribution is 5.84. The van der Waals surface area contributed by atoms with Gasteiger partial charge in [0.1, 0.15) is 6.04 Å². The fraction of sp³-hybridized carbons (Fsp3) is 0.250. The molecule has 0 aliphatic carbocycles. The van der Waals surface area contributed by atoms with Crippen LogP contribution >= 0.6 is 0 Å². The van der Waals surface area contributed by atoms with Gasteiger partial charge >= 0.3 is 0 Å². The van der Waals surface area contributed by atoms with Gasteiger partial charge in [-0.1, -0.05) is 0 Å². The van der Waals surface area contributed by atoms with E-state index in [4.69, 9.17) is 17.2 Å². The number of carbonyl (C=O) groups is 1. The van der Waals surface area contributed by atoms with Gasteiger partial charge in [-0.25, -0.2) is 4.98 Å². The largest absolute Gasteiger partial charge is 0.397 e. The van der Waals surface area contributed by atoms with Gasteiger partial charge in [0.15, 0.2) is 5.82 Å². The van der Waals surface area contributed by atoms with E-state index in [1.807, 2.05) is 0 Å². The third kappa shape index (κ3) is 2.03. The van der Waals surface area contributed by atoms with Crippen molar-refractivity contribution in [1.82, 2.24) is 4.98 Å². The number of nitrogens with one attached hydrogen (secondary N) is 1. The van der Waals surface area contributed by atoms with E-state index >= 15 is 0 Å². The highest BCUT2D eigenvalue weighted by Crippen LogP contribution is 2.21. The summed E-state index contributed by atoms with van der Waals surface area (Å²) in [6.07, 6.45) is 1.50. The minimum absolute atomic E-state index is 0.320. The molecule has 0 spiro atoms. The Labute approximate surface area is 81.5 Å². The topological polar surface area (TPSA) is 120 Å². The van der Waals surface area contributed by atoms with Crippen LogP contribution in [-0.4, -0.2) is 16.9 Å². The van der Waals surface area contributed by atoms with Crippen molar-refractivity contribution in [3.63, 3.8) is 0 Å². The molecule has 1 heterocycles. The van der Waals surface area contributed by atoms with Crippen LogP contribution in [0.2, 0.25) is 0 Å². The first kappa shape index (κ1) is 10.1. The molecule has 0 saturated carbocycles. The SMILES string of the molecule is CC(Nc1nccc(N)c1N)C(N)=O. The second kappa shape index (κ2) is 3.82. The second-order valence-corrected chi connectivity index (χ2v) is 2.93. The Hall–Kier alpha value is -1.98. The van der Waals surface area contributed by atoms with Crippen molar-refractivity contribution in [2.75, 3.05) is 16.8 Å². The van der Waals surface area contributed by atoms with Crippen molar-refractivity contribution in [2.24, 2.45) is 5.73 Å². The van der Waals surface area contributed by atoms with Crippen LogP contribution in [0.1, 0.15) is 6.92 Å². The van der Waals surface area contributed by atoms with Crippen LogP contribution in [0.15, 0.2) is 12.3 Å². The Morgan fingerprint density at radius 3 is 2.79 bits per heavy atom. The molecule has 6 nitrogen and oxygen atoms in total. The smallest absolute Gasteiger partial charge is 0.239 e. The maximum absolute atomic E-state index is 10.8. The van der Waals surface area contributed by atoms with Gasteiger partial charge in [0.25, 0.3) is 0 Å². The minimum atomic E-state index is -0.536. The van der Waals surface area contributed by atoms with E-state index in [1.54, 1.807) is 13.0 Å². The first-order valence-corrected chi connectivity index (χ1v) is 4.08. The number of anilines is 3. The summed E-state index contributed by atoms with van der Waals surface area (Å²) < 4.78 is 0. The molecular weight excluding hydrogens is 182 g/mol. The van der Waals surface area contributed by atoms with Gasteiger partial charge in [-0.2, -0.15) is 0 Å². The molecule has 6 heteroatoms. The number of carbonyl (C=O) groups excluding carboxylic acids is 1. The quantitative estimate of drug-likeness (QED) is 0.519. The number of nitrogens with two attached hydrogens (primary N) is 3. The zero-order chi connectivity index (χ0) is 10.7. The number of pyridine rings is 1. The summed E-state index contributed by atoms with van der Waals surface area (Å²) in [6, 6.07) is 1.04. The summed E-state index contributed by atoms with van der Waals surface area (Å²) in [7, 11) is 0. The van der Waals surface area contributed by atoms with E-state index in [0.717, 1.165) is 0 Å². The Morgan fingerprint density at radius 1 is 1.57 bits per heavy atom. The molecule has 0 aliphatic rings. The van der Waals surface area contributed by atoms with Gasteiger partial charge in [0, 0.05) is 6.20 Å². The van der Waals surface area contributed by atoms with Crippen LogP contribution < -0.4 is 22.5 Å². The molecule has 1 rings (SSSR count). The van der Waals surface area contributed by atoms with E-state index in [2.05, 4.69) is 10.3 Å². The first-order valence-electron chi connectivity index (χ1n) is 4.08. The third-order valence-corrected chi connectivity index (χ3v) is 1.80. The van der Waals surface area contributed by atoms with Gasteiger partial charge in [-0.15, -0.1) is 0 Å². The number of nitrogens with zero attached hydrogens (tertiary/aromatic N) is 1. The lowest BCUT2D eigenvalue weighted by Crippen LogP contribution is -2.33. The Bertz CT molecular complexity index is 352. The van der Waals surface area contributed by atoms with E-state index in [9.17, 15) is 4.79 Å². The Kier molecular flexibility index (Phi) is 2.76. The molecular formula is C8H13N5O. The number of rotatable bonds is 3. The summed E-state index contributed by atoms with van der Waals surface area (Å²) in [4.78, 5) is 14.7. The maximum atomic E-state index is 10.8. The maximum Gasteiger partial charge on any atom is 0.239 e. The van der Waals surface area contributed by atoms with Gasteiger partial charge in [-0.3, -0.25) is 4.79 Å². The zero-order valence-electron chi connectivity index (χ0n) is 7.82. The summed E-state index contributed by atoms with van der Waals surface area (Å²) in [5.74, 6) is -0.107. The van der Waals surface area contributed by atoms with Crippen LogP contribution in [0.4, 0.5) is 17.2 Å². The van der Waals surface area contributed by atoms with Crippen molar-refractivity contribution in [3.8, 4) is 0 Å². The molecule has 0 radical (unpaired) electrons. The molecule has 0 aromatic carbocycles. The molecule has 1 amide bonds. The average molecular weight is 195 g/mol. The Morgan fingerprint density at radius 2 is 2.21 bits per heavy atom. The van der Waals surface area contributed by atoms with Crippen molar-refractivity contribution in [2.45, 2.75) is 13.0 Å².